The minimum Gasteiger partial charge on any atom is -0.394 e. The number of nitrogens with zero attached hydrogens (tertiary/aromatic N) is 1. The number of amides is 3. The summed E-state index contributed by atoms with van der Waals surface area (Å²) in [5.74, 6) is -0.100. The van der Waals surface area contributed by atoms with Crippen molar-refractivity contribution < 1.29 is 19.4 Å². The molecule has 0 bridgehead atoms. The van der Waals surface area contributed by atoms with Crippen LogP contribution in [0.1, 0.15) is 44.9 Å². The van der Waals surface area contributed by atoms with Crippen LogP contribution in [-0.2, 0) is 9.53 Å². The Morgan fingerprint density at radius 2 is 1.75 bits per heavy atom. The Morgan fingerprint density at radius 3 is 2.40 bits per heavy atom. The summed E-state index contributed by atoms with van der Waals surface area (Å²) in [4.78, 5) is 25.8. The predicted molar refractivity (Wildman–Crippen MR) is 73.2 cm³/mol. The number of nitrogens with one attached hydrogen (secondary N) is 1. The molecule has 114 valence electrons. The lowest BCUT2D eigenvalue weighted by molar-refractivity contribution is -0.132. The molecule has 0 atom stereocenters. The van der Waals surface area contributed by atoms with Gasteiger partial charge in [-0.15, -0.1) is 0 Å². The van der Waals surface area contributed by atoms with Crippen LogP contribution in [0, 0.1) is 0 Å². The second-order valence-electron chi connectivity index (χ2n) is 5.57. The highest BCUT2D eigenvalue weighted by Crippen LogP contribution is 2.31. The molecule has 6 heteroatoms. The van der Waals surface area contributed by atoms with Gasteiger partial charge in [-0.1, -0.05) is 32.1 Å². The number of carbonyl (C=O) groups is 2. The zero-order valence-electron chi connectivity index (χ0n) is 11.9. The highest BCUT2D eigenvalue weighted by Gasteiger charge is 2.50. The first kappa shape index (κ1) is 15.3. The molecule has 6 nitrogen and oxygen atoms in total. The molecular formula is C14H24N2O4. The zero-order valence-corrected chi connectivity index (χ0v) is 11.9. The number of aliphatic hydroxyl groups excluding tert-OH is 1. The number of carbonyl (C=O) groups excluding carboxylic acids is 2. The van der Waals surface area contributed by atoms with E-state index in [4.69, 9.17) is 9.84 Å². The molecule has 3 amide bonds. The maximum atomic E-state index is 12.6. The second kappa shape index (κ2) is 7.04. The zero-order chi connectivity index (χ0) is 14.4. The Bertz CT molecular complexity index is 351. The highest BCUT2D eigenvalue weighted by atomic mass is 16.5. The van der Waals surface area contributed by atoms with Gasteiger partial charge in [-0.3, -0.25) is 9.69 Å². The maximum Gasteiger partial charge on any atom is 0.325 e. The van der Waals surface area contributed by atoms with Crippen molar-refractivity contribution in [1.29, 1.82) is 0 Å². The molecule has 2 fully saturated rings. The second-order valence-corrected chi connectivity index (χ2v) is 5.57. The molecule has 1 saturated heterocycles. The summed E-state index contributed by atoms with van der Waals surface area (Å²) < 4.78 is 5.14. The van der Waals surface area contributed by atoms with Gasteiger partial charge in [-0.2, -0.15) is 0 Å². The fourth-order valence-electron chi connectivity index (χ4n) is 3.05. The minimum atomic E-state index is -0.672. The molecule has 1 saturated carbocycles. The van der Waals surface area contributed by atoms with Crippen molar-refractivity contribution in [3.63, 3.8) is 0 Å². The van der Waals surface area contributed by atoms with Crippen molar-refractivity contribution in [1.82, 2.24) is 10.2 Å². The normalized spacial score (nSPS) is 22.8. The number of ether oxygens (including phenoxy) is 1. The Hall–Kier alpha value is -1.14. The maximum absolute atomic E-state index is 12.6. The molecule has 1 aliphatic carbocycles. The summed E-state index contributed by atoms with van der Waals surface area (Å²) in [6, 6.07) is -0.303. The molecule has 0 aromatic carbocycles. The average molecular weight is 284 g/mol. The number of imide groups is 1. The molecule has 0 aromatic heterocycles. The van der Waals surface area contributed by atoms with Crippen LogP contribution in [0.25, 0.3) is 0 Å². The van der Waals surface area contributed by atoms with Gasteiger partial charge in [-0.25, -0.2) is 4.79 Å². The lowest BCUT2D eigenvalue weighted by atomic mass is 9.84. The molecule has 0 aromatic rings. The van der Waals surface area contributed by atoms with Gasteiger partial charge in [0.15, 0.2) is 0 Å². The third kappa shape index (κ3) is 3.30. The van der Waals surface area contributed by atoms with Gasteiger partial charge in [0, 0.05) is 0 Å². The van der Waals surface area contributed by atoms with Gasteiger partial charge < -0.3 is 15.2 Å². The Morgan fingerprint density at radius 1 is 1.10 bits per heavy atom. The molecule has 2 N–H and O–H groups in total. The third-order valence-corrected chi connectivity index (χ3v) is 4.15. The topological polar surface area (TPSA) is 78.9 Å². The van der Waals surface area contributed by atoms with E-state index in [1.807, 2.05) is 0 Å². The van der Waals surface area contributed by atoms with Crippen LogP contribution in [-0.4, -0.2) is 53.8 Å². The van der Waals surface area contributed by atoms with Gasteiger partial charge in [0.1, 0.15) is 5.54 Å². The number of hydrogen-bond acceptors (Lipinski definition) is 4. The fraction of sp³-hybridized carbons (Fsp3) is 0.857. The largest absolute Gasteiger partial charge is 0.394 e. The molecule has 0 radical (unpaired) electrons. The van der Waals surface area contributed by atoms with E-state index in [-0.39, 0.29) is 38.3 Å². The van der Waals surface area contributed by atoms with Crippen molar-refractivity contribution >= 4 is 11.9 Å². The van der Waals surface area contributed by atoms with Gasteiger partial charge in [0.25, 0.3) is 5.91 Å². The van der Waals surface area contributed by atoms with Crippen molar-refractivity contribution in [2.24, 2.45) is 0 Å². The Kier molecular flexibility index (Phi) is 5.37. The molecule has 1 heterocycles. The van der Waals surface area contributed by atoms with Gasteiger partial charge >= 0.3 is 6.03 Å². The van der Waals surface area contributed by atoms with E-state index in [1.165, 1.54) is 11.3 Å². The standard InChI is InChI=1S/C14H24N2O4/c17-9-11-20-10-8-16-12(18)14(15-13(16)19)6-4-2-1-3-5-7-14/h17H,1-11H2,(H,15,19). The monoisotopic (exact) mass is 284 g/mol. The van der Waals surface area contributed by atoms with Crippen LogP contribution in [0.3, 0.4) is 0 Å². The van der Waals surface area contributed by atoms with E-state index in [9.17, 15) is 9.59 Å². The number of aliphatic hydroxyl groups is 1. The average Bonchev–Trinajstić information content (AvgIpc) is 2.63. The first-order chi connectivity index (χ1) is 9.69. The SMILES string of the molecule is O=C1NC2(CCCCCCC2)C(=O)N1CCOCCO. The molecular weight excluding hydrogens is 260 g/mol. The predicted octanol–water partition coefficient (Wildman–Crippen LogP) is 1.03. The van der Waals surface area contributed by atoms with Crippen molar-refractivity contribution in [3.8, 4) is 0 Å². The summed E-state index contributed by atoms with van der Waals surface area (Å²) >= 11 is 0. The van der Waals surface area contributed by atoms with Gasteiger partial charge in [-0.05, 0) is 12.8 Å². The van der Waals surface area contributed by atoms with Gasteiger partial charge in [0.2, 0.25) is 0 Å². The van der Waals surface area contributed by atoms with Crippen LogP contribution in [0.4, 0.5) is 4.79 Å². The third-order valence-electron chi connectivity index (χ3n) is 4.15. The summed E-state index contributed by atoms with van der Waals surface area (Å²) in [5.41, 5.74) is -0.672. The number of urea groups is 1. The molecule has 1 spiro atoms. The highest BCUT2D eigenvalue weighted by molar-refractivity contribution is 6.07. The van der Waals surface area contributed by atoms with Gasteiger partial charge in [0.05, 0.1) is 26.4 Å². The summed E-state index contributed by atoms with van der Waals surface area (Å²) in [6.45, 7) is 0.709. The molecule has 1 aliphatic heterocycles. The minimum absolute atomic E-state index is 0.0515. The Labute approximate surface area is 119 Å². The molecule has 2 rings (SSSR count). The van der Waals surface area contributed by atoms with Crippen LogP contribution in [0.2, 0.25) is 0 Å². The van der Waals surface area contributed by atoms with E-state index in [2.05, 4.69) is 5.32 Å². The van der Waals surface area contributed by atoms with Crippen molar-refractivity contribution in [2.45, 2.75) is 50.5 Å². The first-order valence-corrected chi connectivity index (χ1v) is 7.52. The van der Waals surface area contributed by atoms with Crippen LogP contribution >= 0.6 is 0 Å². The van der Waals surface area contributed by atoms with Crippen LogP contribution in [0.15, 0.2) is 0 Å². The van der Waals surface area contributed by atoms with Crippen molar-refractivity contribution in [3.05, 3.63) is 0 Å². The van der Waals surface area contributed by atoms with E-state index >= 15 is 0 Å². The Balaban J connectivity index is 1.95. The fourth-order valence-corrected chi connectivity index (χ4v) is 3.05. The summed E-state index contributed by atoms with van der Waals surface area (Å²) in [5, 5.41) is 11.5. The van der Waals surface area contributed by atoms with E-state index < -0.39 is 5.54 Å². The number of hydrogen-bond donors (Lipinski definition) is 2. The molecule has 20 heavy (non-hydrogen) atoms. The van der Waals surface area contributed by atoms with E-state index in [0.29, 0.717) is 0 Å². The van der Waals surface area contributed by atoms with Crippen LogP contribution < -0.4 is 5.32 Å². The van der Waals surface area contributed by atoms with Crippen molar-refractivity contribution in [2.75, 3.05) is 26.4 Å². The van der Waals surface area contributed by atoms with E-state index in [1.54, 1.807) is 0 Å². The first-order valence-electron chi connectivity index (χ1n) is 7.52. The lowest BCUT2D eigenvalue weighted by Gasteiger charge is -2.28. The summed E-state index contributed by atoms with van der Waals surface area (Å²) in [7, 11) is 0. The van der Waals surface area contributed by atoms with Crippen LogP contribution in [0.5, 0.6) is 0 Å². The summed E-state index contributed by atoms with van der Waals surface area (Å²) in [6.07, 6.45) is 6.94. The molecule has 0 unspecified atom stereocenters. The molecule has 2 aliphatic rings. The van der Waals surface area contributed by atoms with E-state index in [0.717, 1.165) is 38.5 Å². The smallest absolute Gasteiger partial charge is 0.325 e. The number of rotatable bonds is 5. The quantitative estimate of drug-likeness (QED) is 0.584. The lowest BCUT2D eigenvalue weighted by Crippen LogP contribution is -2.47.